The minimum atomic E-state index is -0.734. The lowest BCUT2D eigenvalue weighted by Crippen LogP contribution is -2.54. The second kappa shape index (κ2) is 12.0. The van der Waals surface area contributed by atoms with E-state index in [9.17, 15) is 4.79 Å². The molecule has 0 spiro atoms. The molecule has 1 rings (SSSR count). The Kier molecular flexibility index (Phi) is 11.7. The summed E-state index contributed by atoms with van der Waals surface area (Å²) >= 11 is 0. The maximum absolute atomic E-state index is 12.8. The van der Waals surface area contributed by atoms with Gasteiger partial charge in [0.2, 0.25) is 0 Å². The third kappa shape index (κ3) is 8.69. The van der Waals surface area contributed by atoms with Crippen LogP contribution in [0.1, 0.15) is 54.9 Å². The fourth-order valence-corrected chi connectivity index (χ4v) is 3.07. The zero-order chi connectivity index (χ0) is 20.7. The van der Waals surface area contributed by atoms with Crippen LogP contribution in [0.25, 0.3) is 0 Å². The molecule has 1 fully saturated rings. The lowest BCUT2D eigenvalue weighted by Gasteiger charge is -2.35. The first-order chi connectivity index (χ1) is 12.5. The molecule has 1 saturated heterocycles. The molecule has 1 aliphatic rings. The maximum atomic E-state index is 12.8. The molecule has 28 heavy (non-hydrogen) atoms. The largest absolute Gasteiger partial charge is 0.444 e. The van der Waals surface area contributed by atoms with E-state index in [1.165, 1.54) is 0 Å². The second-order valence-corrected chi connectivity index (χ2v) is 8.12. The van der Waals surface area contributed by atoms with Gasteiger partial charge in [0, 0.05) is 33.4 Å². The molecule has 0 aromatic carbocycles. The van der Waals surface area contributed by atoms with Crippen LogP contribution in [0.2, 0.25) is 0 Å². The van der Waals surface area contributed by atoms with E-state index in [4.69, 9.17) is 14.2 Å². The molecule has 0 bridgehead atoms. The zero-order valence-electron chi connectivity index (χ0n) is 18.6. The molecule has 2 atom stereocenters. The van der Waals surface area contributed by atoms with Gasteiger partial charge < -0.3 is 24.8 Å². The van der Waals surface area contributed by atoms with Gasteiger partial charge in [0.1, 0.15) is 11.3 Å². The second-order valence-electron chi connectivity index (χ2n) is 8.12. The summed E-state index contributed by atoms with van der Waals surface area (Å²) in [5.74, 6) is 0.688. The number of nitrogens with zero attached hydrogens (tertiary/aromatic N) is 2. The molecule has 1 heterocycles. The van der Waals surface area contributed by atoms with Crippen LogP contribution in [-0.2, 0) is 14.2 Å². The third-order valence-electron chi connectivity index (χ3n) is 4.18. The Morgan fingerprint density at radius 1 is 1.29 bits per heavy atom. The van der Waals surface area contributed by atoms with Crippen LogP contribution < -0.4 is 10.6 Å². The molecule has 0 aromatic heterocycles. The number of carbonyl (C=O) groups excluding carboxylic acids is 1. The Labute approximate surface area is 187 Å². The molecule has 1 aliphatic heterocycles. The average Bonchev–Trinajstić information content (AvgIpc) is 2.76. The predicted octanol–water partition coefficient (Wildman–Crippen LogP) is 2.96. The van der Waals surface area contributed by atoms with Gasteiger partial charge in [-0.15, -0.1) is 24.0 Å². The lowest BCUT2D eigenvalue weighted by molar-refractivity contribution is -0.0755. The number of carbonyl (C=O) groups is 1. The van der Waals surface area contributed by atoms with Gasteiger partial charge in [0.25, 0.3) is 0 Å². The summed E-state index contributed by atoms with van der Waals surface area (Å²) in [7, 11) is 1.72. The summed E-state index contributed by atoms with van der Waals surface area (Å²) < 4.78 is 16.9. The Morgan fingerprint density at radius 3 is 2.46 bits per heavy atom. The Balaban J connectivity index is 0.00000729. The van der Waals surface area contributed by atoms with Gasteiger partial charge in [-0.1, -0.05) is 0 Å². The van der Waals surface area contributed by atoms with E-state index in [0.29, 0.717) is 19.1 Å². The van der Waals surface area contributed by atoms with Gasteiger partial charge in [-0.25, -0.2) is 4.79 Å². The van der Waals surface area contributed by atoms with Crippen LogP contribution in [0.15, 0.2) is 4.99 Å². The fourth-order valence-electron chi connectivity index (χ4n) is 3.07. The third-order valence-corrected chi connectivity index (χ3v) is 4.18. The summed E-state index contributed by atoms with van der Waals surface area (Å²) in [6.07, 6.45) is 0.397. The van der Waals surface area contributed by atoms with Crippen molar-refractivity contribution in [1.29, 1.82) is 0 Å². The van der Waals surface area contributed by atoms with Crippen molar-refractivity contribution in [2.45, 2.75) is 78.4 Å². The van der Waals surface area contributed by atoms with E-state index >= 15 is 0 Å². The molecule has 2 N–H and O–H groups in total. The first-order valence-corrected chi connectivity index (χ1v) is 9.74. The van der Waals surface area contributed by atoms with Crippen LogP contribution >= 0.6 is 24.0 Å². The number of hydrogen-bond acceptors (Lipinski definition) is 5. The molecule has 166 valence electrons. The Morgan fingerprint density at radius 2 is 1.93 bits per heavy atom. The molecule has 2 unspecified atom stereocenters. The van der Waals surface area contributed by atoms with E-state index in [2.05, 4.69) is 15.6 Å². The zero-order valence-corrected chi connectivity index (χ0v) is 21.0. The van der Waals surface area contributed by atoms with Crippen LogP contribution in [0.3, 0.4) is 0 Å². The van der Waals surface area contributed by atoms with Crippen molar-refractivity contribution in [1.82, 2.24) is 15.5 Å². The monoisotopic (exact) mass is 514 g/mol. The van der Waals surface area contributed by atoms with Gasteiger partial charge in [-0.05, 0) is 54.9 Å². The van der Waals surface area contributed by atoms with Gasteiger partial charge in [0.15, 0.2) is 5.96 Å². The molecular formula is C19H39IN4O4. The molecule has 8 nitrogen and oxygen atoms in total. The topological polar surface area (TPSA) is 84.4 Å². The maximum Gasteiger partial charge on any atom is 0.412 e. The molecule has 9 heteroatoms. The normalized spacial score (nSPS) is 21.9. The Bertz CT molecular complexity index is 509. The molecule has 0 saturated carbocycles. The van der Waals surface area contributed by atoms with Crippen molar-refractivity contribution in [3.63, 3.8) is 0 Å². The first-order valence-electron chi connectivity index (χ1n) is 9.74. The van der Waals surface area contributed by atoms with Gasteiger partial charge in [-0.2, -0.15) is 0 Å². The van der Waals surface area contributed by atoms with Crippen molar-refractivity contribution in [2.24, 2.45) is 4.99 Å². The number of guanidine groups is 1. The first kappa shape index (κ1) is 27.2. The number of ether oxygens (including phenoxy) is 3. The minimum Gasteiger partial charge on any atom is -0.444 e. The highest BCUT2D eigenvalue weighted by atomic mass is 127. The van der Waals surface area contributed by atoms with E-state index in [1.54, 1.807) is 11.9 Å². The Hall–Kier alpha value is -0.810. The van der Waals surface area contributed by atoms with Crippen molar-refractivity contribution in [2.75, 3.05) is 33.4 Å². The summed E-state index contributed by atoms with van der Waals surface area (Å²) in [6, 6.07) is -0.170. The van der Waals surface area contributed by atoms with E-state index in [1.807, 2.05) is 48.5 Å². The SMILES string of the molecule is CCOCCCNC(=NC)NCC1C(C)OC(C)(C)N1C(=O)OC(C)(C)C.I. The number of amides is 1. The van der Waals surface area contributed by atoms with Crippen molar-refractivity contribution >= 4 is 36.0 Å². The van der Waals surface area contributed by atoms with Crippen LogP contribution in [-0.4, -0.2) is 73.8 Å². The van der Waals surface area contributed by atoms with E-state index in [-0.39, 0.29) is 42.2 Å². The predicted molar refractivity (Wildman–Crippen MR) is 122 cm³/mol. The van der Waals surface area contributed by atoms with Crippen molar-refractivity contribution < 1.29 is 19.0 Å². The standard InChI is InChI=1S/C19H38N4O4.HI/c1-9-25-12-10-11-21-16(20-8)22-13-15-14(2)26-19(6,7)23(15)17(24)27-18(3,4)5;/h14-15H,9-13H2,1-8H3,(H2,20,21,22);1H. The minimum absolute atomic E-state index is 0. The molecule has 1 amide bonds. The summed E-state index contributed by atoms with van der Waals surface area (Å²) in [4.78, 5) is 18.7. The summed E-state index contributed by atoms with van der Waals surface area (Å²) in [6.45, 7) is 16.0. The highest BCUT2D eigenvalue weighted by Gasteiger charge is 2.49. The quantitative estimate of drug-likeness (QED) is 0.235. The molecular weight excluding hydrogens is 475 g/mol. The number of rotatable bonds is 7. The van der Waals surface area contributed by atoms with Crippen LogP contribution in [0, 0.1) is 0 Å². The van der Waals surface area contributed by atoms with Crippen LogP contribution in [0.4, 0.5) is 4.79 Å². The number of halogens is 1. The van der Waals surface area contributed by atoms with Crippen LogP contribution in [0.5, 0.6) is 0 Å². The van der Waals surface area contributed by atoms with E-state index in [0.717, 1.165) is 19.6 Å². The fraction of sp³-hybridized carbons (Fsp3) is 0.895. The molecule has 0 radical (unpaired) electrons. The molecule has 0 aliphatic carbocycles. The van der Waals surface area contributed by atoms with Gasteiger partial charge in [0.05, 0.1) is 12.1 Å². The summed E-state index contributed by atoms with van der Waals surface area (Å²) in [5, 5.41) is 6.54. The molecule has 0 aromatic rings. The van der Waals surface area contributed by atoms with Gasteiger partial charge in [-0.3, -0.25) is 9.89 Å². The lowest BCUT2D eigenvalue weighted by atomic mass is 10.1. The smallest absolute Gasteiger partial charge is 0.412 e. The summed E-state index contributed by atoms with van der Waals surface area (Å²) in [5.41, 5.74) is -1.29. The number of hydrogen-bond donors (Lipinski definition) is 2. The number of aliphatic imine (C=N–C) groups is 1. The van der Waals surface area contributed by atoms with Crippen molar-refractivity contribution in [3.05, 3.63) is 0 Å². The highest BCUT2D eigenvalue weighted by Crippen LogP contribution is 2.33. The van der Waals surface area contributed by atoms with Crippen molar-refractivity contribution in [3.8, 4) is 0 Å². The number of nitrogens with one attached hydrogen (secondary N) is 2. The van der Waals surface area contributed by atoms with Gasteiger partial charge >= 0.3 is 6.09 Å². The highest BCUT2D eigenvalue weighted by molar-refractivity contribution is 14.0. The average molecular weight is 514 g/mol. The van der Waals surface area contributed by atoms with E-state index < -0.39 is 11.3 Å².